The van der Waals surface area contributed by atoms with Crippen molar-refractivity contribution in [2.45, 2.75) is 6.42 Å². The number of methoxy groups -OCH3 is 2. The molecule has 0 saturated heterocycles. The van der Waals surface area contributed by atoms with E-state index in [2.05, 4.69) is 5.32 Å². The normalized spacial score (nSPS) is 10.5. The summed E-state index contributed by atoms with van der Waals surface area (Å²) in [5, 5.41) is 21.7. The smallest absolute Gasteiger partial charge is 0.335 e. The fourth-order valence-corrected chi connectivity index (χ4v) is 3.96. The van der Waals surface area contributed by atoms with Crippen LogP contribution in [0.3, 0.4) is 0 Å². The van der Waals surface area contributed by atoms with Gasteiger partial charge >= 0.3 is 11.9 Å². The van der Waals surface area contributed by atoms with E-state index < -0.39 is 11.9 Å². The molecule has 0 amide bonds. The molecule has 0 aliphatic carbocycles. The molecule has 0 spiro atoms. The first-order valence-electron chi connectivity index (χ1n) is 11.2. The summed E-state index contributed by atoms with van der Waals surface area (Å²) in [6.07, 6.45) is 0.534. The van der Waals surface area contributed by atoms with Crippen LogP contribution < -0.4 is 14.8 Å². The number of hydrogen-bond donors (Lipinski definition) is 3. The van der Waals surface area contributed by atoms with Gasteiger partial charge < -0.3 is 25.0 Å². The highest BCUT2D eigenvalue weighted by molar-refractivity contribution is 5.89. The SMILES string of the molecule is COc1cc(-c2ccc(Nc3cccc(C(=O)O)c3)c(OC)c2)ccc1Cc1cccc(C(=O)O)c1. The molecule has 0 aliphatic rings. The number of carbonyl (C=O) groups is 2. The Morgan fingerprint density at radius 3 is 2.00 bits per heavy atom. The van der Waals surface area contributed by atoms with Crippen LogP contribution in [0.5, 0.6) is 11.5 Å². The molecular weight excluding hydrogens is 458 g/mol. The van der Waals surface area contributed by atoms with E-state index in [9.17, 15) is 19.8 Å². The van der Waals surface area contributed by atoms with Gasteiger partial charge in [-0.3, -0.25) is 0 Å². The quantitative estimate of drug-likeness (QED) is 0.264. The molecule has 4 rings (SSSR count). The Kier molecular flexibility index (Phi) is 7.20. The van der Waals surface area contributed by atoms with Gasteiger partial charge in [0.1, 0.15) is 11.5 Å². The van der Waals surface area contributed by atoms with Crippen molar-refractivity contribution in [3.05, 3.63) is 107 Å². The van der Waals surface area contributed by atoms with E-state index in [0.717, 1.165) is 22.3 Å². The largest absolute Gasteiger partial charge is 0.496 e. The number of carboxylic acids is 2. The third-order valence-electron chi connectivity index (χ3n) is 5.78. The second-order valence-corrected chi connectivity index (χ2v) is 8.13. The second-order valence-electron chi connectivity index (χ2n) is 8.13. The zero-order chi connectivity index (χ0) is 25.7. The van der Waals surface area contributed by atoms with Crippen LogP contribution in [0.4, 0.5) is 11.4 Å². The van der Waals surface area contributed by atoms with E-state index in [4.69, 9.17) is 9.47 Å². The van der Waals surface area contributed by atoms with E-state index in [0.29, 0.717) is 29.3 Å². The summed E-state index contributed by atoms with van der Waals surface area (Å²) in [6, 6.07) is 25.0. The molecule has 0 bridgehead atoms. The third kappa shape index (κ3) is 5.47. The molecule has 7 heteroatoms. The number of hydrogen-bond acceptors (Lipinski definition) is 5. The fourth-order valence-electron chi connectivity index (χ4n) is 3.96. The van der Waals surface area contributed by atoms with Gasteiger partial charge in [0.15, 0.2) is 0 Å². The summed E-state index contributed by atoms with van der Waals surface area (Å²) < 4.78 is 11.2. The lowest BCUT2D eigenvalue weighted by molar-refractivity contribution is 0.0686. The maximum absolute atomic E-state index is 11.3. The van der Waals surface area contributed by atoms with Gasteiger partial charge in [-0.2, -0.15) is 0 Å². The Labute approximate surface area is 208 Å². The number of benzene rings is 4. The van der Waals surface area contributed by atoms with Crippen LogP contribution in [-0.4, -0.2) is 36.4 Å². The number of rotatable bonds is 9. The molecule has 4 aromatic carbocycles. The van der Waals surface area contributed by atoms with Crippen LogP contribution in [0.2, 0.25) is 0 Å². The molecule has 0 aromatic heterocycles. The highest BCUT2D eigenvalue weighted by Crippen LogP contribution is 2.35. The van der Waals surface area contributed by atoms with Gasteiger partial charge in [0.05, 0.1) is 31.0 Å². The lowest BCUT2D eigenvalue weighted by Gasteiger charge is -2.15. The topological polar surface area (TPSA) is 105 Å². The second kappa shape index (κ2) is 10.7. The van der Waals surface area contributed by atoms with E-state index in [1.807, 2.05) is 42.5 Å². The van der Waals surface area contributed by atoms with Crippen molar-refractivity contribution in [2.75, 3.05) is 19.5 Å². The van der Waals surface area contributed by atoms with Gasteiger partial charge in [0.2, 0.25) is 0 Å². The molecule has 4 aromatic rings. The van der Waals surface area contributed by atoms with E-state index in [1.54, 1.807) is 50.6 Å². The van der Waals surface area contributed by atoms with Crippen LogP contribution >= 0.6 is 0 Å². The van der Waals surface area contributed by atoms with Crippen molar-refractivity contribution < 1.29 is 29.3 Å². The van der Waals surface area contributed by atoms with Crippen molar-refractivity contribution >= 4 is 23.3 Å². The van der Waals surface area contributed by atoms with Crippen LogP contribution in [0, 0.1) is 0 Å². The predicted molar refractivity (Wildman–Crippen MR) is 138 cm³/mol. The summed E-state index contributed by atoms with van der Waals surface area (Å²) in [4.78, 5) is 22.6. The maximum atomic E-state index is 11.3. The van der Waals surface area contributed by atoms with Gasteiger partial charge in [-0.05, 0) is 70.8 Å². The molecule has 0 atom stereocenters. The highest BCUT2D eigenvalue weighted by atomic mass is 16.5. The molecule has 0 fully saturated rings. The number of carboxylic acid groups (broad SMARTS) is 2. The average molecular weight is 484 g/mol. The first kappa shape index (κ1) is 24.3. The Hall–Kier alpha value is -4.78. The first-order valence-corrected chi connectivity index (χ1v) is 11.2. The Morgan fingerprint density at radius 2 is 1.33 bits per heavy atom. The van der Waals surface area contributed by atoms with Gasteiger partial charge in [0, 0.05) is 12.1 Å². The number of nitrogens with one attached hydrogen (secondary N) is 1. The maximum Gasteiger partial charge on any atom is 0.335 e. The van der Waals surface area contributed by atoms with Crippen molar-refractivity contribution in [1.29, 1.82) is 0 Å². The van der Waals surface area contributed by atoms with Crippen molar-refractivity contribution in [1.82, 2.24) is 0 Å². The summed E-state index contributed by atoms with van der Waals surface area (Å²) in [7, 11) is 3.18. The Bertz CT molecular complexity index is 1320. The molecule has 36 heavy (non-hydrogen) atoms. The van der Waals surface area contributed by atoms with E-state index >= 15 is 0 Å². The zero-order valence-corrected chi connectivity index (χ0v) is 19.8. The molecule has 0 unspecified atom stereocenters. The number of anilines is 2. The molecule has 0 aliphatic heterocycles. The van der Waals surface area contributed by atoms with Gasteiger partial charge in [0.25, 0.3) is 0 Å². The van der Waals surface area contributed by atoms with Gasteiger partial charge in [-0.25, -0.2) is 9.59 Å². The highest BCUT2D eigenvalue weighted by Gasteiger charge is 2.12. The predicted octanol–water partition coefficient (Wildman–Crippen LogP) is 6.10. The van der Waals surface area contributed by atoms with Crippen LogP contribution in [-0.2, 0) is 6.42 Å². The fraction of sp³-hybridized carbons (Fsp3) is 0.103. The summed E-state index contributed by atoms with van der Waals surface area (Å²) in [5.74, 6) is -0.657. The molecule has 0 heterocycles. The number of aromatic carboxylic acids is 2. The molecule has 0 radical (unpaired) electrons. The first-order chi connectivity index (χ1) is 17.4. The minimum atomic E-state index is -0.993. The minimum Gasteiger partial charge on any atom is -0.496 e. The minimum absolute atomic E-state index is 0.192. The lowest BCUT2D eigenvalue weighted by atomic mass is 9.98. The molecule has 7 nitrogen and oxygen atoms in total. The lowest BCUT2D eigenvalue weighted by Crippen LogP contribution is -2.00. The number of ether oxygens (including phenoxy) is 2. The summed E-state index contributed by atoms with van der Waals surface area (Å²) in [6.45, 7) is 0. The summed E-state index contributed by atoms with van der Waals surface area (Å²) >= 11 is 0. The van der Waals surface area contributed by atoms with Gasteiger partial charge in [-0.15, -0.1) is 0 Å². The van der Waals surface area contributed by atoms with Crippen molar-refractivity contribution in [3.63, 3.8) is 0 Å². The molecule has 182 valence electrons. The van der Waals surface area contributed by atoms with Crippen molar-refractivity contribution in [3.8, 4) is 22.6 Å². The summed E-state index contributed by atoms with van der Waals surface area (Å²) in [5.41, 5.74) is 5.43. The standard InChI is InChI=1S/C29H25NO6/c1-35-26-16-19(9-10-21(26)13-18-5-3-6-22(14-18)28(31)32)20-11-12-25(27(17-20)36-2)30-24-8-4-7-23(15-24)29(33)34/h3-12,14-17,30H,13H2,1-2H3,(H,31,32)(H,33,34). The van der Waals surface area contributed by atoms with Crippen LogP contribution in [0.15, 0.2) is 84.9 Å². The molecule has 0 saturated carbocycles. The monoisotopic (exact) mass is 483 g/mol. The van der Waals surface area contributed by atoms with Gasteiger partial charge in [-0.1, -0.05) is 36.4 Å². The Morgan fingerprint density at radius 1 is 0.722 bits per heavy atom. The Balaban J connectivity index is 1.60. The van der Waals surface area contributed by atoms with E-state index in [1.165, 1.54) is 6.07 Å². The van der Waals surface area contributed by atoms with Crippen molar-refractivity contribution in [2.24, 2.45) is 0 Å². The molecular formula is C29H25NO6. The van der Waals surface area contributed by atoms with Crippen LogP contribution in [0.25, 0.3) is 11.1 Å². The average Bonchev–Trinajstić information content (AvgIpc) is 2.89. The van der Waals surface area contributed by atoms with E-state index in [-0.39, 0.29) is 11.1 Å². The zero-order valence-electron chi connectivity index (χ0n) is 19.8. The third-order valence-corrected chi connectivity index (χ3v) is 5.78. The molecule has 3 N–H and O–H groups in total. The van der Waals surface area contributed by atoms with Crippen LogP contribution in [0.1, 0.15) is 31.8 Å².